The number of rotatable bonds is 6. The fraction of sp³-hybridized carbons (Fsp3) is 0.531. The van der Waals surface area contributed by atoms with Gasteiger partial charge in [-0.1, -0.05) is 6.07 Å². The molecule has 1 aromatic carbocycles. The number of likely N-dealkylation sites (tertiary alicyclic amines) is 1. The summed E-state index contributed by atoms with van der Waals surface area (Å²) in [5, 5.41) is 18.9. The van der Waals surface area contributed by atoms with Gasteiger partial charge in [-0.2, -0.15) is 10.4 Å². The van der Waals surface area contributed by atoms with Crippen molar-refractivity contribution in [3.63, 3.8) is 0 Å². The van der Waals surface area contributed by atoms with Gasteiger partial charge in [-0.3, -0.25) is 19.3 Å². The predicted octanol–water partition coefficient (Wildman–Crippen LogP) is 4.01. The molecule has 0 spiro atoms. The lowest BCUT2D eigenvalue weighted by molar-refractivity contribution is -0.121. The Labute approximate surface area is 250 Å². The van der Waals surface area contributed by atoms with Gasteiger partial charge in [0.1, 0.15) is 23.5 Å². The van der Waals surface area contributed by atoms with Crippen molar-refractivity contribution < 1.29 is 25.0 Å². The third-order valence-corrected chi connectivity index (χ3v) is 10.1. The molecule has 43 heavy (non-hydrogen) atoms. The van der Waals surface area contributed by atoms with Gasteiger partial charge in [0, 0.05) is 49.7 Å². The molecule has 2 aromatic heterocycles. The molecule has 0 radical (unpaired) electrons. The summed E-state index contributed by atoms with van der Waals surface area (Å²) in [6.45, 7) is 3.44. The van der Waals surface area contributed by atoms with Gasteiger partial charge in [0.2, 0.25) is 0 Å². The van der Waals surface area contributed by atoms with E-state index in [2.05, 4.69) is 11.4 Å². The summed E-state index contributed by atoms with van der Waals surface area (Å²) in [5.41, 5.74) is 2.07. The number of carbonyl (C=O) groups excluding carboxylic acids is 3. The normalized spacial score (nSPS) is 28.5. The molecule has 2 saturated heterocycles. The first kappa shape index (κ1) is 26.5. The Morgan fingerprint density at radius 1 is 1.14 bits per heavy atom. The number of hydrogen-bond acceptors (Lipinski definition) is 7. The number of amides is 3. The average Bonchev–Trinajstić information content (AvgIpc) is 3.88. The zero-order valence-corrected chi connectivity index (χ0v) is 24.1. The molecule has 5 atom stereocenters. The van der Waals surface area contributed by atoms with Crippen molar-refractivity contribution in [2.75, 3.05) is 24.7 Å². The summed E-state index contributed by atoms with van der Waals surface area (Å²) in [6.07, 6.45) is 6.45. The molecular weight excluding hydrogens is 548 g/mol. The number of fused-ring (bicyclic) bond motifs is 3. The number of anilines is 1. The number of piperidine rings is 1. The Morgan fingerprint density at radius 3 is 2.70 bits per heavy atom. The highest BCUT2D eigenvalue weighted by Gasteiger charge is 2.57. The van der Waals surface area contributed by atoms with Gasteiger partial charge in [-0.05, 0) is 75.5 Å². The quantitative estimate of drug-likeness (QED) is 0.463. The number of furan rings is 1. The van der Waals surface area contributed by atoms with E-state index in [1.54, 1.807) is 28.2 Å². The van der Waals surface area contributed by atoms with Gasteiger partial charge in [0.15, 0.2) is 5.69 Å². The van der Waals surface area contributed by atoms with Crippen molar-refractivity contribution in [3.05, 3.63) is 47.3 Å². The second-order valence-corrected chi connectivity index (χ2v) is 12.6. The minimum atomic E-state index is -0.849. The summed E-state index contributed by atoms with van der Waals surface area (Å²) in [4.78, 5) is 45.8. The number of benzene rings is 1. The zero-order chi connectivity index (χ0) is 29.4. The molecule has 3 aliphatic heterocycles. The predicted molar refractivity (Wildman–Crippen MR) is 156 cm³/mol. The Kier molecular flexibility index (Phi) is 6.12. The Morgan fingerprint density at radius 2 is 1.95 bits per heavy atom. The number of nitrogens with one attached hydrogen (secondary N) is 1. The molecule has 1 N–H and O–H groups in total. The van der Waals surface area contributed by atoms with Gasteiger partial charge in [-0.25, -0.2) is 4.68 Å². The average molecular weight is 585 g/mol. The van der Waals surface area contributed by atoms with Crippen molar-refractivity contribution in [2.45, 2.75) is 75.5 Å². The standard InChI is InChI=1S/C32H34N6O5.H2/c1-2-36-30-26(25(18-4-5-18)27(31(36)40)34-29(39)19-6-3-17-7-12-43-24(17)15-19)28(35-38(30)21-8-10-42-11-9-21)32(41)37-22(16-33)13-20-14-23(20)37;/h3,6-7,12,15,18,20-23,25,27H,2,4-5,8-11,13-14H2,1H3,(H,34,39);1H/t20-,22-,23+,25-,27-;/m0./s1. The highest BCUT2D eigenvalue weighted by atomic mass is 16.5. The van der Waals surface area contributed by atoms with E-state index < -0.39 is 18.0 Å². The maximum Gasteiger partial charge on any atom is 0.276 e. The highest BCUT2D eigenvalue weighted by molar-refractivity contribution is 6.07. The van der Waals surface area contributed by atoms with Crippen molar-refractivity contribution in [1.29, 1.82) is 5.26 Å². The largest absolute Gasteiger partial charge is 0.464 e. The number of carbonyl (C=O) groups is 3. The van der Waals surface area contributed by atoms with Crippen LogP contribution in [0.4, 0.5) is 5.82 Å². The van der Waals surface area contributed by atoms with Gasteiger partial charge in [0.05, 0.1) is 18.4 Å². The fourth-order valence-electron chi connectivity index (χ4n) is 7.68. The first-order chi connectivity index (χ1) is 21.0. The van der Waals surface area contributed by atoms with E-state index in [0.29, 0.717) is 54.8 Å². The maximum atomic E-state index is 14.4. The van der Waals surface area contributed by atoms with Crippen LogP contribution in [0.2, 0.25) is 0 Å². The molecule has 5 aliphatic rings. The lowest BCUT2D eigenvalue weighted by atomic mass is 9.82. The number of aromatic nitrogens is 2. The number of hydrogen-bond donors (Lipinski definition) is 1. The molecule has 2 aliphatic carbocycles. The first-order valence-electron chi connectivity index (χ1n) is 15.5. The van der Waals surface area contributed by atoms with Crippen molar-refractivity contribution in [3.8, 4) is 6.07 Å². The van der Waals surface area contributed by atoms with E-state index in [1.165, 1.54) is 0 Å². The van der Waals surface area contributed by atoms with Crippen LogP contribution in [-0.2, 0) is 9.53 Å². The molecule has 11 nitrogen and oxygen atoms in total. The van der Waals surface area contributed by atoms with Crippen LogP contribution >= 0.6 is 0 Å². The summed E-state index contributed by atoms with van der Waals surface area (Å²) < 4.78 is 13.0. The number of nitriles is 1. The first-order valence-corrected chi connectivity index (χ1v) is 15.5. The molecule has 2 saturated carbocycles. The Bertz CT molecular complexity index is 1680. The number of ether oxygens (including phenoxy) is 1. The molecule has 11 heteroatoms. The van der Waals surface area contributed by atoms with Crippen LogP contribution in [0.3, 0.4) is 0 Å². The summed E-state index contributed by atoms with van der Waals surface area (Å²) in [5.74, 6) is -0.00952. The maximum absolute atomic E-state index is 14.4. The van der Waals surface area contributed by atoms with Crippen molar-refractivity contribution in [2.24, 2.45) is 11.8 Å². The van der Waals surface area contributed by atoms with Crippen LogP contribution in [-0.4, -0.2) is 70.3 Å². The molecule has 3 aromatic rings. The van der Waals surface area contributed by atoms with E-state index in [4.69, 9.17) is 14.3 Å². The molecule has 3 amide bonds. The monoisotopic (exact) mass is 584 g/mol. The van der Waals surface area contributed by atoms with Crippen LogP contribution in [0.25, 0.3) is 11.0 Å². The number of nitrogens with zero attached hydrogens (tertiary/aromatic N) is 5. The molecule has 0 unspecified atom stereocenters. The topological polar surface area (TPSA) is 134 Å². The van der Waals surface area contributed by atoms with Crippen molar-refractivity contribution in [1.82, 2.24) is 20.0 Å². The summed E-state index contributed by atoms with van der Waals surface area (Å²) >= 11 is 0. The Hall–Kier alpha value is -4.17. The molecule has 8 rings (SSSR count). The molecule has 5 heterocycles. The van der Waals surface area contributed by atoms with E-state index >= 15 is 0 Å². The molecular formula is C32H36N6O5. The van der Waals surface area contributed by atoms with Gasteiger partial charge >= 0.3 is 0 Å². The van der Waals surface area contributed by atoms with Gasteiger partial charge in [-0.15, -0.1) is 0 Å². The van der Waals surface area contributed by atoms with Gasteiger partial charge < -0.3 is 19.4 Å². The van der Waals surface area contributed by atoms with E-state index in [-0.39, 0.29) is 37.1 Å². The van der Waals surface area contributed by atoms with Crippen LogP contribution in [0.15, 0.2) is 34.9 Å². The van der Waals surface area contributed by atoms with E-state index in [9.17, 15) is 19.6 Å². The highest BCUT2D eigenvalue weighted by Crippen LogP contribution is 2.53. The van der Waals surface area contributed by atoms with Crippen LogP contribution < -0.4 is 10.2 Å². The van der Waals surface area contributed by atoms with Crippen molar-refractivity contribution >= 4 is 34.5 Å². The Balaban J connectivity index is 0.00000312. The summed E-state index contributed by atoms with van der Waals surface area (Å²) in [7, 11) is 0. The lowest BCUT2D eigenvalue weighted by Crippen LogP contribution is -2.56. The van der Waals surface area contributed by atoms with Crippen LogP contribution in [0, 0.1) is 23.2 Å². The molecule has 4 fully saturated rings. The lowest BCUT2D eigenvalue weighted by Gasteiger charge is -2.39. The third kappa shape index (κ3) is 4.18. The molecule has 224 valence electrons. The van der Waals surface area contributed by atoms with Gasteiger partial charge in [0.25, 0.3) is 17.7 Å². The number of likely N-dealkylation sites (N-methyl/N-ethyl adjacent to an activating group) is 1. The molecule has 0 bridgehead atoms. The zero-order valence-electron chi connectivity index (χ0n) is 24.1. The van der Waals surface area contributed by atoms with Crippen LogP contribution in [0.1, 0.15) is 85.2 Å². The fourth-order valence-corrected chi connectivity index (χ4v) is 7.68. The third-order valence-electron chi connectivity index (χ3n) is 10.1. The smallest absolute Gasteiger partial charge is 0.276 e. The minimum Gasteiger partial charge on any atom is -0.464 e. The second kappa shape index (κ2) is 9.95. The summed E-state index contributed by atoms with van der Waals surface area (Å²) in [6, 6.07) is 8.15. The van der Waals surface area contributed by atoms with E-state index in [0.717, 1.165) is 43.1 Å². The minimum absolute atomic E-state index is 0. The van der Waals surface area contributed by atoms with E-state index in [1.807, 2.05) is 23.7 Å². The van der Waals surface area contributed by atoms with Crippen LogP contribution in [0.5, 0.6) is 0 Å². The second-order valence-electron chi connectivity index (χ2n) is 12.6. The SMILES string of the molecule is CCN1C(=O)[C@@H](NC(=O)c2ccc3ccoc3c2)[C@@H](C2CC2)c2c(C(=O)N3[C@H](C#N)C[C@H]4C[C@H]43)nn(C3CCOCC3)c21.[HH].